The number of para-hydroxylation sites is 1. The number of rotatable bonds is 5. The van der Waals surface area contributed by atoms with Gasteiger partial charge in [-0.25, -0.2) is 4.68 Å². The van der Waals surface area contributed by atoms with Crippen LogP contribution in [0, 0.1) is 4.77 Å². The lowest BCUT2D eigenvalue weighted by Crippen LogP contribution is -2.46. The van der Waals surface area contributed by atoms with Crippen molar-refractivity contribution < 1.29 is 0 Å². The molecule has 1 saturated heterocycles. The molecule has 3 aromatic rings. The molecule has 0 N–H and O–H groups in total. The fourth-order valence-electron chi connectivity index (χ4n) is 3.21. The van der Waals surface area contributed by atoms with Crippen molar-refractivity contribution in [2.45, 2.75) is 13.2 Å². The Balaban J connectivity index is 1.35. The zero-order valence-corrected chi connectivity index (χ0v) is 15.4. The van der Waals surface area contributed by atoms with Crippen LogP contribution in [-0.2, 0) is 13.2 Å². The fraction of sp³-hybridized carbons (Fsp3) is 0.316. The van der Waals surface area contributed by atoms with Crippen LogP contribution in [0.3, 0.4) is 0 Å². The predicted molar refractivity (Wildman–Crippen MR) is 103 cm³/mol. The van der Waals surface area contributed by atoms with E-state index in [2.05, 4.69) is 50.6 Å². The average Bonchev–Trinajstić information content (AvgIpc) is 3.05. The molecular formula is C19H22N6S. The van der Waals surface area contributed by atoms with Crippen LogP contribution in [0.25, 0.3) is 5.69 Å². The molecule has 7 heteroatoms. The largest absolute Gasteiger partial charge is 0.297 e. The monoisotopic (exact) mass is 366 g/mol. The van der Waals surface area contributed by atoms with Crippen molar-refractivity contribution in [1.29, 1.82) is 0 Å². The zero-order chi connectivity index (χ0) is 17.8. The van der Waals surface area contributed by atoms with Crippen LogP contribution in [0.2, 0.25) is 0 Å². The van der Waals surface area contributed by atoms with Gasteiger partial charge in [0.1, 0.15) is 0 Å². The summed E-state index contributed by atoms with van der Waals surface area (Å²) >= 11 is 5.55. The molecule has 0 spiro atoms. The van der Waals surface area contributed by atoms with Crippen LogP contribution < -0.4 is 0 Å². The van der Waals surface area contributed by atoms with Gasteiger partial charge in [-0.05, 0) is 40.3 Å². The summed E-state index contributed by atoms with van der Waals surface area (Å²) in [5.74, 6) is 0. The summed E-state index contributed by atoms with van der Waals surface area (Å²) in [7, 11) is 0. The summed E-state index contributed by atoms with van der Waals surface area (Å²) in [6.07, 6.45) is 0. The van der Waals surface area contributed by atoms with E-state index >= 15 is 0 Å². The highest BCUT2D eigenvalue weighted by molar-refractivity contribution is 7.71. The first kappa shape index (κ1) is 17.1. The third kappa shape index (κ3) is 3.90. The molecule has 0 amide bonds. The molecule has 2 heterocycles. The molecule has 1 aliphatic heterocycles. The Bertz CT molecular complexity index is 881. The Labute approximate surface area is 158 Å². The van der Waals surface area contributed by atoms with E-state index < -0.39 is 0 Å². The maximum atomic E-state index is 5.55. The Kier molecular flexibility index (Phi) is 5.19. The molecule has 0 saturated carbocycles. The third-order valence-corrected chi connectivity index (χ3v) is 5.07. The summed E-state index contributed by atoms with van der Waals surface area (Å²) in [5.41, 5.74) is 2.31. The maximum absolute atomic E-state index is 5.55. The van der Waals surface area contributed by atoms with Gasteiger partial charge in [0, 0.05) is 32.7 Å². The summed E-state index contributed by atoms with van der Waals surface area (Å²) in [5, 5.41) is 8.45. The van der Waals surface area contributed by atoms with E-state index in [9.17, 15) is 0 Å². The highest BCUT2D eigenvalue weighted by Crippen LogP contribution is 2.10. The van der Waals surface area contributed by atoms with E-state index in [1.54, 1.807) is 9.36 Å². The van der Waals surface area contributed by atoms with Crippen molar-refractivity contribution in [3.8, 4) is 5.69 Å². The quantitative estimate of drug-likeness (QED) is 0.649. The first-order valence-electron chi connectivity index (χ1n) is 8.86. The number of hydrogen-bond donors (Lipinski definition) is 0. The molecule has 0 atom stereocenters. The SMILES string of the molecule is S=c1n(CN2CCN(Cc3ccccc3)CC2)nnn1-c1ccccc1. The number of aromatic nitrogens is 4. The van der Waals surface area contributed by atoms with Gasteiger partial charge in [0.15, 0.2) is 0 Å². The highest BCUT2D eigenvalue weighted by Gasteiger charge is 2.18. The van der Waals surface area contributed by atoms with Gasteiger partial charge in [-0.1, -0.05) is 48.5 Å². The van der Waals surface area contributed by atoms with E-state index in [4.69, 9.17) is 12.2 Å². The van der Waals surface area contributed by atoms with Gasteiger partial charge in [0.25, 0.3) is 0 Å². The second-order valence-corrected chi connectivity index (χ2v) is 6.89. The van der Waals surface area contributed by atoms with Crippen molar-refractivity contribution in [2.75, 3.05) is 26.2 Å². The lowest BCUT2D eigenvalue weighted by molar-refractivity contribution is 0.0975. The van der Waals surface area contributed by atoms with Crippen LogP contribution in [0.1, 0.15) is 5.56 Å². The molecule has 0 aliphatic carbocycles. The molecule has 0 radical (unpaired) electrons. The van der Waals surface area contributed by atoms with Crippen LogP contribution in [0.5, 0.6) is 0 Å². The molecule has 0 bridgehead atoms. The highest BCUT2D eigenvalue weighted by atomic mass is 32.1. The number of nitrogens with zero attached hydrogens (tertiary/aromatic N) is 6. The number of benzene rings is 2. The van der Waals surface area contributed by atoms with Crippen LogP contribution in [0.4, 0.5) is 0 Å². The van der Waals surface area contributed by atoms with Gasteiger partial charge in [0.05, 0.1) is 12.4 Å². The number of piperazine rings is 1. The molecule has 26 heavy (non-hydrogen) atoms. The Morgan fingerprint density at radius 2 is 1.38 bits per heavy atom. The minimum absolute atomic E-state index is 0.628. The first-order valence-corrected chi connectivity index (χ1v) is 9.27. The van der Waals surface area contributed by atoms with Crippen molar-refractivity contribution in [3.63, 3.8) is 0 Å². The Morgan fingerprint density at radius 3 is 2.08 bits per heavy atom. The molecule has 1 aromatic heterocycles. The number of hydrogen-bond acceptors (Lipinski definition) is 5. The Hall–Kier alpha value is -2.35. The standard InChI is InChI=1S/C19H22N6S/c26-19-24(20-21-25(19)18-9-5-2-6-10-18)16-23-13-11-22(12-14-23)15-17-7-3-1-4-8-17/h1-10H,11-16H2. The van der Waals surface area contributed by atoms with E-state index in [-0.39, 0.29) is 0 Å². The lowest BCUT2D eigenvalue weighted by atomic mass is 10.2. The summed E-state index contributed by atoms with van der Waals surface area (Å²) in [6.45, 7) is 5.81. The average molecular weight is 366 g/mol. The van der Waals surface area contributed by atoms with Crippen molar-refractivity contribution in [1.82, 2.24) is 29.6 Å². The molecule has 4 rings (SSSR count). The molecular weight excluding hydrogens is 344 g/mol. The normalized spacial score (nSPS) is 16.0. The Morgan fingerprint density at radius 1 is 0.769 bits per heavy atom. The van der Waals surface area contributed by atoms with Gasteiger partial charge in [-0.15, -0.1) is 0 Å². The van der Waals surface area contributed by atoms with Crippen molar-refractivity contribution >= 4 is 12.2 Å². The summed E-state index contributed by atoms with van der Waals surface area (Å²) in [4.78, 5) is 4.87. The minimum atomic E-state index is 0.628. The summed E-state index contributed by atoms with van der Waals surface area (Å²) < 4.78 is 4.14. The molecule has 6 nitrogen and oxygen atoms in total. The molecule has 134 valence electrons. The van der Waals surface area contributed by atoms with Gasteiger partial charge >= 0.3 is 0 Å². The summed E-state index contributed by atoms with van der Waals surface area (Å²) in [6, 6.07) is 20.5. The second-order valence-electron chi connectivity index (χ2n) is 6.53. The fourth-order valence-corrected chi connectivity index (χ4v) is 3.45. The van der Waals surface area contributed by atoms with Gasteiger partial charge in [-0.2, -0.15) is 4.68 Å². The van der Waals surface area contributed by atoms with Gasteiger partial charge < -0.3 is 0 Å². The van der Waals surface area contributed by atoms with E-state index in [0.717, 1.165) is 38.4 Å². The number of tetrazole rings is 1. The lowest BCUT2D eigenvalue weighted by Gasteiger charge is -2.34. The smallest absolute Gasteiger partial charge is 0.221 e. The van der Waals surface area contributed by atoms with Crippen molar-refractivity contribution in [3.05, 3.63) is 71.0 Å². The molecule has 1 aliphatic rings. The molecule has 1 fully saturated rings. The van der Waals surface area contributed by atoms with Crippen molar-refractivity contribution in [2.24, 2.45) is 0 Å². The molecule has 2 aromatic carbocycles. The van der Waals surface area contributed by atoms with Gasteiger partial charge in [0.2, 0.25) is 4.77 Å². The van der Waals surface area contributed by atoms with E-state index in [0.29, 0.717) is 11.4 Å². The first-order chi connectivity index (χ1) is 12.8. The second kappa shape index (κ2) is 7.90. The van der Waals surface area contributed by atoms with Crippen LogP contribution >= 0.6 is 12.2 Å². The molecule has 0 unspecified atom stereocenters. The zero-order valence-electron chi connectivity index (χ0n) is 14.6. The minimum Gasteiger partial charge on any atom is -0.297 e. The van der Waals surface area contributed by atoms with E-state index in [1.807, 2.05) is 30.3 Å². The van der Waals surface area contributed by atoms with E-state index in [1.165, 1.54) is 5.56 Å². The van der Waals surface area contributed by atoms with Crippen LogP contribution in [0.15, 0.2) is 60.7 Å². The predicted octanol–water partition coefficient (Wildman–Crippen LogP) is 2.57. The topological polar surface area (TPSA) is 42.1 Å². The third-order valence-electron chi connectivity index (χ3n) is 4.69. The van der Waals surface area contributed by atoms with Gasteiger partial charge in [-0.3, -0.25) is 9.80 Å². The maximum Gasteiger partial charge on any atom is 0.221 e. The van der Waals surface area contributed by atoms with Crippen LogP contribution in [-0.4, -0.2) is 55.8 Å².